The molecule has 0 aliphatic rings. The highest BCUT2D eigenvalue weighted by Gasteiger charge is 2.31. The summed E-state index contributed by atoms with van der Waals surface area (Å²) in [5.41, 5.74) is -0.421. The van der Waals surface area contributed by atoms with Crippen molar-refractivity contribution in [3.8, 4) is 5.75 Å². The molecule has 0 spiro atoms. The lowest BCUT2D eigenvalue weighted by atomic mass is 9.88. The average molecular weight is 350 g/mol. The average Bonchev–Trinajstić information content (AvgIpc) is 2.53. The summed E-state index contributed by atoms with van der Waals surface area (Å²) >= 11 is 0. The van der Waals surface area contributed by atoms with Gasteiger partial charge in [-0.15, -0.1) is 0 Å². The van der Waals surface area contributed by atoms with Crippen LogP contribution in [-0.2, 0) is 19.9 Å². The fourth-order valence-electron chi connectivity index (χ4n) is 2.48. The van der Waals surface area contributed by atoms with Crippen molar-refractivity contribution in [1.29, 1.82) is 0 Å². The van der Waals surface area contributed by atoms with E-state index in [-0.39, 0.29) is 31.1 Å². The van der Waals surface area contributed by atoms with Gasteiger partial charge in [-0.3, -0.25) is 14.4 Å². The van der Waals surface area contributed by atoms with Crippen LogP contribution < -0.4 is 10.1 Å². The standard InChI is InChI=1S/C18H26N2O5/c1-18(12-17(23)24,13-7-5-8-14(11-13)25-4)19-15(21)9-6-10-16(22)20(2)3/h5,7-8,11H,6,9-10,12H2,1-4H3,(H,19,21)(H,23,24). The van der Waals surface area contributed by atoms with Gasteiger partial charge in [-0.05, 0) is 31.0 Å². The lowest BCUT2D eigenvalue weighted by Gasteiger charge is -2.30. The highest BCUT2D eigenvalue weighted by Crippen LogP contribution is 2.28. The molecule has 0 saturated carbocycles. The summed E-state index contributed by atoms with van der Waals surface area (Å²) in [4.78, 5) is 36.6. The zero-order chi connectivity index (χ0) is 19.0. The number of carbonyl (C=O) groups is 3. The van der Waals surface area contributed by atoms with Gasteiger partial charge >= 0.3 is 5.97 Å². The van der Waals surface area contributed by atoms with Gasteiger partial charge in [0, 0.05) is 26.9 Å². The van der Waals surface area contributed by atoms with Crippen molar-refractivity contribution in [2.75, 3.05) is 21.2 Å². The first-order valence-electron chi connectivity index (χ1n) is 8.05. The maximum atomic E-state index is 12.3. The number of carboxylic acid groups (broad SMARTS) is 1. The van der Waals surface area contributed by atoms with Gasteiger partial charge in [0.05, 0.1) is 19.1 Å². The number of carboxylic acids is 1. The topological polar surface area (TPSA) is 95.9 Å². The molecule has 0 aliphatic carbocycles. The molecule has 0 heterocycles. The van der Waals surface area contributed by atoms with Gasteiger partial charge in [0.25, 0.3) is 0 Å². The second kappa shape index (κ2) is 9.05. The summed E-state index contributed by atoms with van der Waals surface area (Å²) in [7, 11) is 4.85. The molecule has 1 aromatic rings. The van der Waals surface area contributed by atoms with Crippen molar-refractivity contribution in [2.24, 2.45) is 0 Å². The molecule has 138 valence electrons. The van der Waals surface area contributed by atoms with Gasteiger partial charge in [-0.1, -0.05) is 12.1 Å². The van der Waals surface area contributed by atoms with E-state index in [1.54, 1.807) is 45.3 Å². The van der Waals surface area contributed by atoms with Crippen molar-refractivity contribution >= 4 is 17.8 Å². The van der Waals surface area contributed by atoms with Gasteiger partial charge in [0.15, 0.2) is 0 Å². The molecule has 0 saturated heterocycles. The van der Waals surface area contributed by atoms with Crippen molar-refractivity contribution in [1.82, 2.24) is 10.2 Å². The molecule has 1 unspecified atom stereocenters. The Hall–Kier alpha value is -2.57. The minimum absolute atomic E-state index is 0.0473. The Balaban J connectivity index is 2.82. The minimum Gasteiger partial charge on any atom is -0.497 e. The third-order valence-electron chi connectivity index (χ3n) is 3.92. The summed E-state index contributed by atoms with van der Waals surface area (Å²) in [6.07, 6.45) is 0.570. The van der Waals surface area contributed by atoms with E-state index in [1.807, 2.05) is 0 Å². The number of methoxy groups -OCH3 is 1. The zero-order valence-electron chi connectivity index (χ0n) is 15.2. The molecular formula is C18H26N2O5. The molecular weight excluding hydrogens is 324 g/mol. The SMILES string of the molecule is COc1cccc(C(C)(CC(=O)O)NC(=O)CCCC(=O)N(C)C)c1. The van der Waals surface area contributed by atoms with Crippen molar-refractivity contribution in [3.63, 3.8) is 0 Å². The maximum Gasteiger partial charge on any atom is 0.306 e. The van der Waals surface area contributed by atoms with Gasteiger partial charge in [0.1, 0.15) is 5.75 Å². The Morgan fingerprint density at radius 1 is 1.24 bits per heavy atom. The van der Waals surface area contributed by atoms with E-state index in [0.717, 1.165) is 0 Å². The molecule has 0 fully saturated rings. The number of carbonyl (C=O) groups excluding carboxylic acids is 2. The van der Waals surface area contributed by atoms with Crippen LogP contribution in [0.25, 0.3) is 0 Å². The van der Waals surface area contributed by atoms with E-state index < -0.39 is 11.5 Å². The largest absolute Gasteiger partial charge is 0.497 e. The molecule has 1 rings (SSSR count). The van der Waals surface area contributed by atoms with Crippen LogP contribution in [0.4, 0.5) is 0 Å². The van der Waals surface area contributed by atoms with E-state index in [1.165, 1.54) is 12.0 Å². The summed E-state index contributed by atoms with van der Waals surface area (Å²) in [6.45, 7) is 1.67. The fourth-order valence-corrected chi connectivity index (χ4v) is 2.48. The summed E-state index contributed by atoms with van der Waals surface area (Å²) in [6, 6.07) is 6.95. The van der Waals surface area contributed by atoms with Crippen LogP contribution in [0.3, 0.4) is 0 Å². The van der Waals surface area contributed by atoms with Crippen LogP contribution in [0.2, 0.25) is 0 Å². The lowest BCUT2D eigenvalue weighted by molar-refractivity contribution is -0.139. The first-order chi connectivity index (χ1) is 11.7. The predicted molar refractivity (Wildman–Crippen MR) is 93.3 cm³/mol. The minimum atomic E-state index is -1.07. The number of hydrogen-bond donors (Lipinski definition) is 2. The maximum absolute atomic E-state index is 12.3. The number of rotatable bonds is 9. The highest BCUT2D eigenvalue weighted by molar-refractivity contribution is 5.80. The Morgan fingerprint density at radius 3 is 2.48 bits per heavy atom. The molecule has 2 N–H and O–H groups in total. The molecule has 25 heavy (non-hydrogen) atoms. The third-order valence-corrected chi connectivity index (χ3v) is 3.92. The zero-order valence-corrected chi connectivity index (χ0v) is 15.2. The van der Waals surface area contributed by atoms with Crippen LogP contribution >= 0.6 is 0 Å². The molecule has 2 amide bonds. The van der Waals surface area contributed by atoms with E-state index in [0.29, 0.717) is 17.7 Å². The number of aliphatic carboxylic acids is 1. The molecule has 1 atom stereocenters. The predicted octanol–water partition coefficient (Wildman–Crippen LogP) is 1.76. The highest BCUT2D eigenvalue weighted by atomic mass is 16.5. The molecule has 7 nitrogen and oxygen atoms in total. The fraction of sp³-hybridized carbons (Fsp3) is 0.500. The number of ether oxygens (including phenoxy) is 1. The van der Waals surface area contributed by atoms with Crippen LogP contribution in [-0.4, -0.2) is 49.0 Å². The molecule has 0 aliphatic heterocycles. The van der Waals surface area contributed by atoms with Gasteiger partial charge < -0.3 is 20.1 Å². The molecule has 0 aromatic heterocycles. The molecule has 7 heteroatoms. The van der Waals surface area contributed by atoms with Gasteiger partial charge in [-0.2, -0.15) is 0 Å². The quantitative estimate of drug-likeness (QED) is 0.707. The number of hydrogen-bond acceptors (Lipinski definition) is 4. The first kappa shape index (κ1) is 20.5. The lowest BCUT2D eigenvalue weighted by Crippen LogP contribution is -2.45. The van der Waals surface area contributed by atoms with Crippen LogP contribution in [0.1, 0.15) is 38.2 Å². The molecule has 0 radical (unpaired) electrons. The summed E-state index contributed by atoms with van der Waals surface area (Å²) < 4.78 is 5.17. The van der Waals surface area contributed by atoms with Crippen molar-refractivity contribution in [3.05, 3.63) is 29.8 Å². The second-order valence-corrected chi connectivity index (χ2v) is 6.32. The van der Waals surface area contributed by atoms with Crippen molar-refractivity contribution in [2.45, 2.75) is 38.1 Å². The van der Waals surface area contributed by atoms with Gasteiger partial charge in [-0.25, -0.2) is 0 Å². The van der Waals surface area contributed by atoms with E-state index in [2.05, 4.69) is 5.32 Å². The number of amides is 2. The first-order valence-corrected chi connectivity index (χ1v) is 8.05. The van der Waals surface area contributed by atoms with E-state index in [4.69, 9.17) is 4.74 Å². The van der Waals surface area contributed by atoms with E-state index >= 15 is 0 Å². The van der Waals surface area contributed by atoms with Gasteiger partial charge in [0.2, 0.25) is 11.8 Å². The van der Waals surface area contributed by atoms with Crippen LogP contribution in [0, 0.1) is 0 Å². The van der Waals surface area contributed by atoms with E-state index in [9.17, 15) is 19.5 Å². The number of benzene rings is 1. The third kappa shape index (κ3) is 6.45. The Bertz CT molecular complexity index is 630. The molecule has 0 bridgehead atoms. The number of nitrogens with one attached hydrogen (secondary N) is 1. The summed E-state index contributed by atoms with van der Waals surface area (Å²) in [5, 5.41) is 12.0. The normalized spacial score (nSPS) is 12.8. The van der Waals surface area contributed by atoms with Crippen molar-refractivity contribution < 1.29 is 24.2 Å². The second-order valence-electron chi connectivity index (χ2n) is 6.32. The van der Waals surface area contributed by atoms with Crippen LogP contribution in [0.5, 0.6) is 5.75 Å². The monoisotopic (exact) mass is 350 g/mol. The van der Waals surface area contributed by atoms with Crippen LogP contribution in [0.15, 0.2) is 24.3 Å². The smallest absolute Gasteiger partial charge is 0.306 e. The Labute approximate surface area is 148 Å². The molecule has 1 aromatic carbocycles. The Morgan fingerprint density at radius 2 is 1.92 bits per heavy atom. The number of nitrogens with zero attached hydrogens (tertiary/aromatic N) is 1. The Kier molecular flexibility index (Phi) is 7.42. The summed E-state index contributed by atoms with van der Waals surface area (Å²) in [5.74, 6) is -0.777.